The van der Waals surface area contributed by atoms with Crippen molar-refractivity contribution in [3.05, 3.63) is 70.9 Å². The van der Waals surface area contributed by atoms with Gasteiger partial charge in [0.2, 0.25) is 0 Å². The molecule has 4 heteroatoms. The van der Waals surface area contributed by atoms with Crippen molar-refractivity contribution in [2.24, 2.45) is 0 Å². The van der Waals surface area contributed by atoms with Gasteiger partial charge in [-0.25, -0.2) is 9.50 Å². The lowest BCUT2D eigenvalue weighted by atomic mass is 9.77. The normalized spacial score (nSPS) is 14.4. The van der Waals surface area contributed by atoms with E-state index < -0.39 is 0 Å². The van der Waals surface area contributed by atoms with Crippen molar-refractivity contribution >= 4 is 11.2 Å². The lowest BCUT2D eigenvalue weighted by Gasteiger charge is -2.26. The van der Waals surface area contributed by atoms with Gasteiger partial charge in [-0.15, -0.1) is 0 Å². The SMILES string of the molecule is CC(Cc1ccn2cc(C(C)(C)C)c(C(C)(C)C)c2n1)c1nn2ccccc2c1C(C)(C)C. The summed E-state index contributed by atoms with van der Waals surface area (Å²) in [7, 11) is 0. The van der Waals surface area contributed by atoms with Gasteiger partial charge in [-0.1, -0.05) is 75.3 Å². The number of pyridine rings is 1. The van der Waals surface area contributed by atoms with Gasteiger partial charge in [0.25, 0.3) is 0 Å². The van der Waals surface area contributed by atoms with E-state index in [9.17, 15) is 0 Å². The van der Waals surface area contributed by atoms with Crippen LogP contribution in [0.2, 0.25) is 0 Å². The number of aromatic nitrogens is 4. The van der Waals surface area contributed by atoms with E-state index >= 15 is 0 Å². The summed E-state index contributed by atoms with van der Waals surface area (Å²) in [5.74, 6) is 0.268. The van der Waals surface area contributed by atoms with Crippen molar-refractivity contribution in [2.75, 3.05) is 0 Å². The Morgan fingerprint density at radius 3 is 2.09 bits per heavy atom. The molecule has 0 saturated carbocycles. The van der Waals surface area contributed by atoms with Gasteiger partial charge < -0.3 is 4.40 Å². The van der Waals surface area contributed by atoms with Gasteiger partial charge in [0.1, 0.15) is 5.65 Å². The van der Waals surface area contributed by atoms with Crippen LogP contribution in [0.3, 0.4) is 0 Å². The molecule has 4 heterocycles. The van der Waals surface area contributed by atoms with E-state index in [1.54, 1.807) is 0 Å². The van der Waals surface area contributed by atoms with Gasteiger partial charge in [-0.3, -0.25) is 0 Å². The Hall–Kier alpha value is -2.62. The molecule has 0 N–H and O–H groups in total. The maximum absolute atomic E-state index is 5.22. The molecule has 0 bridgehead atoms. The Labute approximate surface area is 199 Å². The van der Waals surface area contributed by atoms with Crippen LogP contribution in [0.1, 0.15) is 103 Å². The summed E-state index contributed by atoms with van der Waals surface area (Å²) in [6.07, 6.45) is 7.37. The van der Waals surface area contributed by atoms with Gasteiger partial charge in [0.15, 0.2) is 0 Å². The molecule has 0 aromatic carbocycles. The van der Waals surface area contributed by atoms with E-state index in [-0.39, 0.29) is 22.2 Å². The first kappa shape index (κ1) is 23.5. The lowest BCUT2D eigenvalue weighted by molar-refractivity contribution is 0.536. The highest BCUT2D eigenvalue weighted by atomic mass is 15.2. The lowest BCUT2D eigenvalue weighted by Crippen LogP contribution is -2.20. The van der Waals surface area contributed by atoms with Crippen LogP contribution in [0.4, 0.5) is 0 Å². The standard InChI is InChI=1S/C29H40N4/c1-19(25-24(29(8,9)10)22-13-11-12-15-33(22)31-25)17-20-14-16-32-18-21(27(2,3)4)23(26(32)30-20)28(5,6)7/h11-16,18-19H,17H2,1-10H3. The predicted molar refractivity (Wildman–Crippen MR) is 139 cm³/mol. The van der Waals surface area contributed by atoms with Crippen LogP contribution in [-0.4, -0.2) is 19.0 Å². The Kier molecular flexibility index (Phi) is 5.50. The average Bonchev–Trinajstić information content (AvgIpc) is 3.26. The average molecular weight is 445 g/mol. The fourth-order valence-corrected chi connectivity index (χ4v) is 5.04. The zero-order chi connectivity index (χ0) is 24.3. The molecule has 4 nitrogen and oxygen atoms in total. The minimum atomic E-state index is 0.0205. The monoisotopic (exact) mass is 444 g/mol. The maximum atomic E-state index is 5.22. The van der Waals surface area contributed by atoms with Gasteiger partial charge in [-0.2, -0.15) is 5.10 Å². The predicted octanol–water partition coefficient (Wildman–Crippen LogP) is 7.22. The number of nitrogens with zero attached hydrogens (tertiary/aromatic N) is 4. The third kappa shape index (κ3) is 4.32. The third-order valence-electron chi connectivity index (χ3n) is 6.54. The molecule has 4 aromatic heterocycles. The number of hydrogen-bond donors (Lipinski definition) is 0. The molecule has 0 aliphatic carbocycles. The molecule has 0 amide bonds. The highest BCUT2D eigenvalue weighted by molar-refractivity contribution is 5.61. The Balaban J connectivity index is 1.79. The molecule has 0 spiro atoms. The summed E-state index contributed by atoms with van der Waals surface area (Å²) in [6.45, 7) is 22.9. The molecular weight excluding hydrogens is 404 g/mol. The molecule has 0 fully saturated rings. The molecule has 0 saturated heterocycles. The maximum Gasteiger partial charge on any atom is 0.140 e. The smallest absolute Gasteiger partial charge is 0.140 e. The number of rotatable bonds is 3. The fraction of sp³-hybridized carbons (Fsp3) is 0.517. The first-order chi connectivity index (χ1) is 15.2. The highest BCUT2D eigenvalue weighted by Crippen LogP contribution is 2.38. The minimum Gasteiger partial charge on any atom is -0.308 e. The molecule has 1 atom stereocenters. The van der Waals surface area contributed by atoms with Crippen LogP contribution >= 0.6 is 0 Å². The summed E-state index contributed by atoms with van der Waals surface area (Å²) in [5, 5.41) is 5.01. The zero-order valence-electron chi connectivity index (χ0n) is 22.1. The second kappa shape index (κ2) is 7.72. The Morgan fingerprint density at radius 1 is 0.818 bits per heavy atom. The molecule has 0 aliphatic rings. The zero-order valence-corrected chi connectivity index (χ0v) is 22.1. The Morgan fingerprint density at radius 2 is 1.48 bits per heavy atom. The van der Waals surface area contributed by atoms with Crippen LogP contribution < -0.4 is 0 Å². The molecule has 176 valence electrons. The van der Waals surface area contributed by atoms with Crippen molar-refractivity contribution < 1.29 is 0 Å². The topological polar surface area (TPSA) is 34.6 Å². The highest BCUT2D eigenvalue weighted by Gasteiger charge is 2.31. The largest absolute Gasteiger partial charge is 0.308 e. The van der Waals surface area contributed by atoms with Crippen molar-refractivity contribution in [3.8, 4) is 0 Å². The van der Waals surface area contributed by atoms with Crippen LogP contribution in [0.25, 0.3) is 11.2 Å². The summed E-state index contributed by atoms with van der Waals surface area (Å²) in [5.41, 5.74) is 8.77. The molecule has 4 rings (SSSR count). The summed E-state index contributed by atoms with van der Waals surface area (Å²) < 4.78 is 4.24. The van der Waals surface area contributed by atoms with E-state index in [4.69, 9.17) is 10.1 Å². The molecule has 0 aliphatic heterocycles. The van der Waals surface area contributed by atoms with Crippen molar-refractivity contribution in [1.29, 1.82) is 0 Å². The minimum absolute atomic E-state index is 0.0205. The van der Waals surface area contributed by atoms with Crippen molar-refractivity contribution in [3.63, 3.8) is 0 Å². The van der Waals surface area contributed by atoms with Gasteiger partial charge >= 0.3 is 0 Å². The third-order valence-corrected chi connectivity index (χ3v) is 6.54. The number of fused-ring (bicyclic) bond motifs is 2. The first-order valence-electron chi connectivity index (χ1n) is 12.2. The Bertz CT molecular complexity index is 1300. The van der Waals surface area contributed by atoms with Crippen LogP contribution in [0, 0.1) is 0 Å². The van der Waals surface area contributed by atoms with Crippen molar-refractivity contribution in [2.45, 2.75) is 97.8 Å². The van der Waals surface area contributed by atoms with Crippen LogP contribution in [-0.2, 0) is 22.7 Å². The van der Waals surface area contributed by atoms with Crippen molar-refractivity contribution in [1.82, 2.24) is 19.0 Å². The molecular formula is C29H40N4. The summed E-state index contributed by atoms with van der Waals surface area (Å²) in [4.78, 5) is 5.22. The summed E-state index contributed by atoms with van der Waals surface area (Å²) >= 11 is 0. The van der Waals surface area contributed by atoms with E-state index in [0.717, 1.165) is 17.8 Å². The van der Waals surface area contributed by atoms with E-state index in [1.165, 1.54) is 27.9 Å². The molecule has 33 heavy (non-hydrogen) atoms. The molecule has 0 radical (unpaired) electrons. The number of hydrogen-bond acceptors (Lipinski definition) is 2. The quantitative estimate of drug-likeness (QED) is 0.334. The van der Waals surface area contributed by atoms with Gasteiger partial charge in [0.05, 0.1) is 11.2 Å². The molecule has 4 aromatic rings. The second-order valence-corrected chi connectivity index (χ2v) is 12.7. The van der Waals surface area contributed by atoms with Gasteiger partial charge in [-0.05, 0) is 46.4 Å². The van der Waals surface area contributed by atoms with E-state index in [2.05, 4.69) is 110 Å². The molecule has 1 unspecified atom stereocenters. The summed E-state index contributed by atoms with van der Waals surface area (Å²) in [6, 6.07) is 8.50. The van der Waals surface area contributed by atoms with Crippen LogP contribution in [0.5, 0.6) is 0 Å². The fourth-order valence-electron chi connectivity index (χ4n) is 5.04. The first-order valence-corrected chi connectivity index (χ1v) is 12.2. The van der Waals surface area contributed by atoms with Crippen LogP contribution in [0.15, 0.2) is 42.9 Å². The van der Waals surface area contributed by atoms with E-state index in [0.29, 0.717) is 0 Å². The van der Waals surface area contributed by atoms with E-state index in [1.807, 2.05) is 10.6 Å². The van der Waals surface area contributed by atoms with Gasteiger partial charge in [0, 0.05) is 41.3 Å². The second-order valence-electron chi connectivity index (χ2n) is 12.7.